The highest BCUT2D eigenvalue weighted by molar-refractivity contribution is 14.0. The number of aliphatic imine (C=N–C) groups is 1. The molecule has 0 atom stereocenters. The minimum Gasteiger partial charge on any atom is -0.378 e. The van der Waals surface area contributed by atoms with Crippen LogP contribution in [0.2, 0.25) is 0 Å². The number of morpholine rings is 1. The SMILES string of the molecule is I.NC(=NCc1cccc(-c2ccccn2)c1)N1CCOCC1. The number of aromatic nitrogens is 1. The lowest BCUT2D eigenvalue weighted by molar-refractivity contribution is 0.0674. The number of benzene rings is 1. The molecule has 0 amide bonds. The van der Waals surface area contributed by atoms with Gasteiger partial charge in [-0.3, -0.25) is 4.98 Å². The van der Waals surface area contributed by atoms with Gasteiger partial charge in [0.25, 0.3) is 0 Å². The molecule has 6 heteroatoms. The summed E-state index contributed by atoms with van der Waals surface area (Å²) in [6.07, 6.45) is 1.80. The molecule has 0 radical (unpaired) electrons. The molecule has 3 rings (SSSR count). The fraction of sp³-hybridized carbons (Fsp3) is 0.294. The normalized spacial score (nSPS) is 15.1. The Labute approximate surface area is 153 Å². The lowest BCUT2D eigenvalue weighted by Gasteiger charge is -2.27. The number of pyridine rings is 1. The average molecular weight is 424 g/mol. The van der Waals surface area contributed by atoms with Crippen LogP contribution in [0.1, 0.15) is 5.56 Å². The van der Waals surface area contributed by atoms with Crippen molar-refractivity contribution in [1.29, 1.82) is 0 Å². The first-order chi connectivity index (χ1) is 10.8. The Hall–Kier alpha value is -1.67. The van der Waals surface area contributed by atoms with Crippen LogP contribution in [0, 0.1) is 0 Å². The largest absolute Gasteiger partial charge is 0.378 e. The number of guanidine groups is 1. The zero-order valence-electron chi connectivity index (χ0n) is 12.9. The van der Waals surface area contributed by atoms with Crippen LogP contribution in [0.4, 0.5) is 0 Å². The number of nitrogens with two attached hydrogens (primary N) is 1. The van der Waals surface area contributed by atoms with Gasteiger partial charge in [-0.2, -0.15) is 0 Å². The van der Waals surface area contributed by atoms with Crippen LogP contribution in [-0.2, 0) is 11.3 Å². The van der Waals surface area contributed by atoms with Crippen molar-refractivity contribution in [3.05, 3.63) is 54.2 Å². The van der Waals surface area contributed by atoms with Crippen LogP contribution >= 0.6 is 24.0 Å². The maximum Gasteiger partial charge on any atom is 0.191 e. The first-order valence-electron chi connectivity index (χ1n) is 7.46. The molecule has 0 bridgehead atoms. The number of rotatable bonds is 3. The molecule has 1 aliphatic rings. The van der Waals surface area contributed by atoms with Gasteiger partial charge in [-0.15, -0.1) is 24.0 Å². The van der Waals surface area contributed by atoms with E-state index in [1.807, 2.05) is 24.3 Å². The molecule has 0 spiro atoms. The summed E-state index contributed by atoms with van der Waals surface area (Å²) < 4.78 is 5.32. The van der Waals surface area contributed by atoms with E-state index < -0.39 is 0 Å². The predicted molar refractivity (Wildman–Crippen MR) is 103 cm³/mol. The topological polar surface area (TPSA) is 63.7 Å². The van der Waals surface area contributed by atoms with Gasteiger partial charge >= 0.3 is 0 Å². The molecule has 1 fully saturated rings. The smallest absolute Gasteiger partial charge is 0.191 e. The molecule has 1 aromatic heterocycles. The van der Waals surface area contributed by atoms with Crippen molar-refractivity contribution in [1.82, 2.24) is 9.88 Å². The van der Waals surface area contributed by atoms with Crippen molar-refractivity contribution in [2.24, 2.45) is 10.7 Å². The van der Waals surface area contributed by atoms with Gasteiger partial charge in [0.05, 0.1) is 25.5 Å². The highest BCUT2D eigenvalue weighted by Crippen LogP contribution is 2.18. The van der Waals surface area contributed by atoms with Crippen molar-refractivity contribution >= 4 is 29.9 Å². The summed E-state index contributed by atoms with van der Waals surface area (Å²) >= 11 is 0. The van der Waals surface area contributed by atoms with Crippen molar-refractivity contribution < 1.29 is 4.74 Å². The van der Waals surface area contributed by atoms with E-state index in [1.54, 1.807) is 6.20 Å². The third-order valence-corrected chi connectivity index (χ3v) is 3.65. The molecule has 1 aromatic carbocycles. The van der Waals surface area contributed by atoms with Crippen LogP contribution in [-0.4, -0.2) is 42.1 Å². The Balaban J connectivity index is 0.00000192. The van der Waals surface area contributed by atoms with Crippen molar-refractivity contribution in [3.63, 3.8) is 0 Å². The summed E-state index contributed by atoms with van der Waals surface area (Å²) in [5.74, 6) is 0.589. The lowest BCUT2D eigenvalue weighted by atomic mass is 10.1. The zero-order valence-corrected chi connectivity index (χ0v) is 15.2. The summed E-state index contributed by atoms with van der Waals surface area (Å²) in [7, 11) is 0. The number of hydrogen-bond donors (Lipinski definition) is 1. The number of halogens is 1. The summed E-state index contributed by atoms with van der Waals surface area (Å²) in [5.41, 5.74) is 9.24. The van der Waals surface area contributed by atoms with Crippen LogP contribution < -0.4 is 5.73 Å². The molecule has 0 saturated carbocycles. The second-order valence-electron chi connectivity index (χ2n) is 5.19. The van der Waals surface area contributed by atoms with E-state index in [0.717, 1.165) is 29.9 Å². The Morgan fingerprint density at radius 1 is 1.17 bits per heavy atom. The van der Waals surface area contributed by atoms with E-state index in [2.05, 4.69) is 33.1 Å². The van der Waals surface area contributed by atoms with Gasteiger partial charge in [-0.25, -0.2) is 4.99 Å². The van der Waals surface area contributed by atoms with Gasteiger partial charge < -0.3 is 15.4 Å². The average Bonchev–Trinajstić information content (AvgIpc) is 2.61. The van der Waals surface area contributed by atoms with Gasteiger partial charge in [0.1, 0.15) is 0 Å². The first-order valence-corrected chi connectivity index (χ1v) is 7.46. The molecule has 2 aromatic rings. The van der Waals surface area contributed by atoms with E-state index in [4.69, 9.17) is 10.5 Å². The van der Waals surface area contributed by atoms with Gasteiger partial charge in [0, 0.05) is 24.8 Å². The highest BCUT2D eigenvalue weighted by atomic mass is 127. The molecule has 1 aliphatic heterocycles. The van der Waals surface area contributed by atoms with Gasteiger partial charge in [0.2, 0.25) is 0 Å². The van der Waals surface area contributed by atoms with Crippen LogP contribution in [0.25, 0.3) is 11.3 Å². The fourth-order valence-electron chi connectivity index (χ4n) is 2.43. The summed E-state index contributed by atoms with van der Waals surface area (Å²) in [6.45, 7) is 3.62. The summed E-state index contributed by atoms with van der Waals surface area (Å²) in [5, 5.41) is 0. The molecule has 5 nitrogen and oxygen atoms in total. The molecular weight excluding hydrogens is 403 g/mol. The lowest BCUT2D eigenvalue weighted by Crippen LogP contribution is -2.44. The number of nitrogens with zero attached hydrogens (tertiary/aromatic N) is 3. The molecule has 2 N–H and O–H groups in total. The second-order valence-corrected chi connectivity index (χ2v) is 5.19. The maximum atomic E-state index is 6.05. The van der Waals surface area contributed by atoms with E-state index in [9.17, 15) is 0 Å². The van der Waals surface area contributed by atoms with Crippen molar-refractivity contribution in [3.8, 4) is 11.3 Å². The molecule has 2 heterocycles. The van der Waals surface area contributed by atoms with E-state index >= 15 is 0 Å². The van der Waals surface area contributed by atoms with E-state index in [0.29, 0.717) is 25.7 Å². The maximum absolute atomic E-state index is 6.05. The molecule has 0 aliphatic carbocycles. The fourth-order valence-corrected chi connectivity index (χ4v) is 2.43. The molecular formula is C17H21IN4O. The first kappa shape index (κ1) is 17.7. The highest BCUT2D eigenvalue weighted by Gasteiger charge is 2.11. The minimum absolute atomic E-state index is 0. The van der Waals surface area contributed by atoms with Crippen molar-refractivity contribution in [2.75, 3.05) is 26.3 Å². The van der Waals surface area contributed by atoms with Gasteiger partial charge in [-0.1, -0.05) is 24.3 Å². The van der Waals surface area contributed by atoms with Crippen LogP contribution in [0.3, 0.4) is 0 Å². The minimum atomic E-state index is 0. The molecule has 1 saturated heterocycles. The number of ether oxygens (including phenoxy) is 1. The standard InChI is InChI=1S/C17H20N4O.HI/c18-17(21-8-10-22-11-9-21)20-13-14-4-3-5-15(12-14)16-6-1-2-7-19-16;/h1-7,12H,8-11,13H2,(H2,18,20);1H. The second kappa shape index (κ2) is 8.83. The Morgan fingerprint density at radius 3 is 2.74 bits per heavy atom. The summed E-state index contributed by atoms with van der Waals surface area (Å²) in [6, 6.07) is 14.2. The number of hydrogen-bond acceptors (Lipinski definition) is 3. The zero-order chi connectivity index (χ0) is 15.2. The predicted octanol–water partition coefficient (Wildman–Crippen LogP) is 2.51. The van der Waals surface area contributed by atoms with Crippen LogP contribution in [0.15, 0.2) is 53.7 Å². The Bertz CT molecular complexity index is 642. The van der Waals surface area contributed by atoms with E-state index in [-0.39, 0.29) is 24.0 Å². The third kappa shape index (κ3) is 4.90. The van der Waals surface area contributed by atoms with Crippen LogP contribution in [0.5, 0.6) is 0 Å². The van der Waals surface area contributed by atoms with Gasteiger partial charge in [-0.05, 0) is 23.8 Å². The molecule has 0 unspecified atom stereocenters. The van der Waals surface area contributed by atoms with Gasteiger partial charge in [0.15, 0.2) is 5.96 Å². The quantitative estimate of drug-likeness (QED) is 0.467. The monoisotopic (exact) mass is 424 g/mol. The van der Waals surface area contributed by atoms with E-state index in [1.165, 1.54) is 0 Å². The third-order valence-electron chi connectivity index (χ3n) is 3.65. The summed E-state index contributed by atoms with van der Waals surface area (Å²) in [4.78, 5) is 10.9. The van der Waals surface area contributed by atoms with Crippen molar-refractivity contribution in [2.45, 2.75) is 6.54 Å². The Kier molecular flexibility index (Phi) is 6.79. The molecule has 23 heavy (non-hydrogen) atoms. The Morgan fingerprint density at radius 2 is 2.00 bits per heavy atom. The molecule has 122 valence electrons.